The van der Waals surface area contributed by atoms with E-state index in [0.717, 1.165) is 12.1 Å². The number of hydrogen-bond donors (Lipinski definition) is 1. The topological polar surface area (TPSA) is 60.0 Å². The zero-order valence-corrected chi connectivity index (χ0v) is 16.0. The zero-order valence-electron chi connectivity index (χ0n) is 16.0. The van der Waals surface area contributed by atoms with Crippen LogP contribution in [0.2, 0.25) is 0 Å². The van der Waals surface area contributed by atoms with E-state index in [9.17, 15) is 4.79 Å². The lowest BCUT2D eigenvalue weighted by molar-refractivity contribution is -0.131. The molecule has 0 radical (unpaired) electrons. The summed E-state index contributed by atoms with van der Waals surface area (Å²) in [6.45, 7) is 2.14. The maximum Gasteiger partial charge on any atom is 0.227 e. The SMILES string of the molecule is COc1cc(CC(=O)N2CCNC(c3ccccc3)C2)cc(OC)c1OC. The van der Waals surface area contributed by atoms with Crippen LogP contribution in [-0.4, -0.2) is 51.8 Å². The third-order valence-corrected chi connectivity index (χ3v) is 4.81. The molecule has 6 nitrogen and oxygen atoms in total. The monoisotopic (exact) mass is 370 g/mol. The molecular weight excluding hydrogens is 344 g/mol. The van der Waals surface area contributed by atoms with Gasteiger partial charge in [-0.1, -0.05) is 30.3 Å². The quantitative estimate of drug-likeness (QED) is 0.846. The number of nitrogens with zero attached hydrogens (tertiary/aromatic N) is 1. The molecule has 1 amide bonds. The third kappa shape index (κ3) is 4.34. The minimum Gasteiger partial charge on any atom is -0.493 e. The first-order chi connectivity index (χ1) is 13.2. The van der Waals surface area contributed by atoms with Crippen LogP contribution in [-0.2, 0) is 11.2 Å². The molecule has 2 aromatic carbocycles. The van der Waals surface area contributed by atoms with Crippen molar-refractivity contribution in [3.8, 4) is 17.2 Å². The third-order valence-electron chi connectivity index (χ3n) is 4.81. The largest absolute Gasteiger partial charge is 0.493 e. The van der Waals surface area contributed by atoms with Gasteiger partial charge in [0.25, 0.3) is 0 Å². The van der Waals surface area contributed by atoms with Crippen molar-refractivity contribution in [2.24, 2.45) is 0 Å². The van der Waals surface area contributed by atoms with Crippen LogP contribution in [0.4, 0.5) is 0 Å². The Morgan fingerprint density at radius 3 is 2.33 bits per heavy atom. The van der Waals surface area contributed by atoms with Crippen molar-refractivity contribution >= 4 is 5.91 Å². The molecule has 6 heteroatoms. The lowest BCUT2D eigenvalue weighted by Crippen LogP contribution is -2.48. The lowest BCUT2D eigenvalue weighted by atomic mass is 10.0. The van der Waals surface area contributed by atoms with Crippen molar-refractivity contribution < 1.29 is 19.0 Å². The fraction of sp³-hybridized carbons (Fsp3) is 0.381. The van der Waals surface area contributed by atoms with Crippen LogP contribution in [0.25, 0.3) is 0 Å². The van der Waals surface area contributed by atoms with Gasteiger partial charge in [-0.2, -0.15) is 0 Å². The zero-order chi connectivity index (χ0) is 19.2. The van der Waals surface area contributed by atoms with E-state index in [1.807, 2.05) is 35.2 Å². The van der Waals surface area contributed by atoms with E-state index in [-0.39, 0.29) is 18.4 Å². The molecule has 144 valence electrons. The molecule has 0 saturated carbocycles. The highest BCUT2D eigenvalue weighted by atomic mass is 16.5. The van der Waals surface area contributed by atoms with E-state index in [1.54, 1.807) is 21.3 Å². The van der Waals surface area contributed by atoms with Crippen molar-refractivity contribution in [3.63, 3.8) is 0 Å². The van der Waals surface area contributed by atoms with Crippen LogP contribution in [0.3, 0.4) is 0 Å². The Morgan fingerprint density at radius 2 is 1.74 bits per heavy atom. The Bertz CT molecular complexity index is 754. The van der Waals surface area contributed by atoms with E-state index in [1.165, 1.54) is 5.56 Å². The fourth-order valence-corrected chi connectivity index (χ4v) is 3.41. The van der Waals surface area contributed by atoms with Crippen LogP contribution >= 0.6 is 0 Å². The predicted molar refractivity (Wildman–Crippen MR) is 104 cm³/mol. The summed E-state index contributed by atoms with van der Waals surface area (Å²) in [5.74, 6) is 1.73. The molecule has 1 heterocycles. The van der Waals surface area contributed by atoms with E-state index < -0.39 is 0 Å². The molecule has 1 unspecified atom stereocenters. The number of methoxy groups -OCH3 is 3. The first-order valence-corrected chi connectivity index (χ1v) is 9.01. The van der Waals surface area contributed by atoms with Gasteiger partial charge in [-0.3, -0.25) is 4.79 Å². The van der Waals surface area contributed by atoms with Crippen molar-refractivity contribution in [1.82, 2.24) is 10.2 Å². The molecule has 0 spiro atoms. The van der Waals surface area contributed by atoms with Crippen molar-refractivity contribution in [1.29, 1.82) is 0 Å². The summed E-state index contributed by atoms with van der Waals surface area (Å²) in [5, 5.41) is 3.49. The molecule has 0 bridgehead atoms. The average molecular weight is 370 g/mol. The van der Waals surface area contributed by atoms with Crippen molar-refractivity contribution in [2.75, 3.05) is 41.0 Å². The summed E-state index contributed by atoms with van der Waals surface area (Å²) < 4.78 is 16.1. The Morgan fingerprint density at radius 1 is 1.07 bits per heavy atom. The molecule has 0 aromatic heterocycles. The molecule has 0 aliphatic carbocycles. The summed E-state index contributed by atoms with van der Waals surface area (Å²) in [4.78, 5) is 14.8. The molecule has 1 saturated heterocycles. The Labute approximate surface area is 160 Å². The van der Waals surface area contributed by atoms with Gasteiger partial charge in [0, 0.05) is 25.7 Å². The van der Waals surface area contributed by atoms with E-state index >= 15 is 0 Å². The normalized spacial score (nSPS) is 16.7. The van der Waals surface area contributed by atoms with Crippen LogP contribution < -0.4 is 19.5 Å². The van der Waals surface area contributed by atoms with Gasteiger partial charge in [-0.25, -0.2) is 0 Å². The first-order valence-electron chi connectivity index (χ1n) is 9.01. The van der Waals surface area contributed by atoms with Crippen LogP contribution in [0.1, 0.15) is 17.2 Å². The smallest absolute Gasteiger partial charge is 0.227 e. The summed E-state index contributed by atoms with van der Waals surface area (Å²) in [6.07, 6.45) is 0.290. The molecule has 1 N–H and O–H groups in total. The molecule has 2 aromatic rings. The molecular formula is C21H26N2O4. The number of piperazine rings is 1. The van der Waals surface area contributed by atoms with Gasteiger partial charge < -0.3 is 24.4 Å². The van der Waals surface area contributed by atoms with E-state index in [2.05, 4.69) is 17.4 Å². The van der Waals surface area contributed by atoms with Crippen molar-refractivity contribution in [3.05, 3.63) is 53.6 Å². The number of hydrogen-bond acceptors (Lipinski definition) is 5. The Balaban J connectivity index is 1.73. The minimum atomic E-state index is 0.0895. The highest BCUT2D eigenvalue weighted by molar-refractivity contribution is 5.79. The van der Waals surface area contributed by atoms with Gasteiger partial charge >= 0.3 is 0 Å². The van der Waals surface area contributed by atoms with Gasteiger partial charge in [0.1, 0.15) is 0 Å². The molecule has 3 rings (SSSR count). The molecule has 1 aliphatic heterocycles. The number of carbonyl (C=O) groups is 1. The maximum atomic E-state index is 12.9. The standard InChI is InChI=1S/C21H26N2O4/c1-25-18-11-15(12-19(26-2)21(18)27-3)13-20(24)23-10-9-22-17(14-23)16-7-5-4-6-8-16/h4-8,11-12,17,22H,9-10,13-14H2,1-3H3. The van der Waals surface area contributed by atoms with Crippen LogP contribution in [0.15, 0.2) is 42.5 Å². The lowest BCUT2D eigenvalue weighted by Gasteiger charge is -2.34. The molecule has 1 fully saturated rings. The summed E-state index contributed by atoms with van der Waals surface area (Å²) in [5.41, 5.74) is 2.03. The summed E-state index contributed by atoms with van der Waals surface area (Å²) in [6, 6.07) is 14.0. The highest BCUT2D eigenvalue weighted by Gasteiger charge is 2.25. The van der Waals surface area contributed by atoms with Gasteiger partial charge in [-0.05, 0) is 23.3 Å². The summed E-state index contributed by atoms with van der Waals surface area (Å²) in [7, 11) is 4.71. The number of rotatable bonds is 6. The summed E-state index contributed by atoms with van der Waals surface area (Å²) >= 11 is 0. The minimum absolute atomic E-state index is 0.0895. The second kappa shape index (κ2) is 8.77. The fourth-order valence-electron chi connectivity index (χ4n) is 3.41. The van der Waals surface area contributed by atoms with Crippen LogP contribution in [0, 0.1) is 0 Å². The predicted octanol–water partition coefficient (Wildman–Crippen LogP) is 2.43. The van der Waals surface area contributed by atoms with E-state index in [4.69, 9.17) is 14.2 Å². The van der Waals surface area contributed by atoms with Crippen LogP contribution in [0.5, 0.6) is 17.2 Å². The van der Waals surface area contributed by atoms with Gasteiger partial charge in [-0.15, -0.1) is 0 Å². The van der Waals surface area contributed by atoms with Gasteiger partial charge in [0.05, 0.1) is 27.8 Å². The Hall–Kier alpha value is -2.73. The first kappa shape index (κ1) is 19.0. The molecule has 1 aliphatic rings. The van der Waals surface area contributed by atoms with Gasteiger partial charge in [0.2, 0.25) is 11.7 Å². The average Bonchev–Trinajstić information content (AvgIpc) is 2.73. The second-order valence-corrected chi connectivity index (χ2v) is 6.47. The molecule has 1 atom stereocenters. The van der Waals surface area contributed by atoms with Crippen molar-refractivity contribution in [2.45, 2.75) is 12.5 Å². The number of benzene rings is 2. The molecule has 27 heavy (non-hydrogen) atoms. The number of carbonyl (C=O) groups excluding carboxylic acids is 1. The maximum absolute atomic E-state index is 12.9. The number of ether oxygens (including phenoxy) is 3. The Kier molecular flexibility index (Phi) is 6.19. The highest BCUT2D eigenvalue weighted by Crippen LogP contribution is 2.38. The van der Waals surface area contributed by atoms with E-state index in [0.29, 0.717) is 30.3 Å². The number of amides is 1. The number of nitrogens with one attached hydrogen (secondary N) is 1. The second-order valence-electron chi connectivity index (χ2n) is 6.47. The van der Waals surface area contributed by atoms with Gasteiger partial charge in [0.15, 0.2) is 11.5 Å².